The van der Waals surface area contributed by atoms with Gasteiger partial charge in [-0.1, -0.05) is 0 Å². The third-order valence-electron chi connectivity index (χ3n) is 2.98. The zero-order valence-electron chi connectivity index (χ0n) is 9.94. The first kappa shape index (κ1) is 13.2. The van der Waals surface area contributed by atoms with Crippen LogP contribution in [-0.4, -0.2) is 45.2 Å². The summed E-state index contributed by atoms with van der Waals surface area (Å²) in [5.74, 6) is -1.77. The van der Waals surface area contributed by atoms with Crippen molar-refractivity contribution in [2.45, 2.75) is 0 Å². The first-order valence-electron chi connectivity index (χ1n) is 5.53. The molecule has 4 nitrogen and oxygen atoms in total. The van der Waals surface area contributed by atoms with Gasteiger partial charge in [-0.3, -0.25) is 0 Å². The number of hydrogen-bond donors (Lipinski definition) is 0. The Morgan fingerprint density at radius 3 is 2.17 bits per heavy atom. The third kappa shape index (κ3) is 2.78. The highest BCUT2D eigenvalue weighted by Gasteiger charge is 2.23. The molecule has 100 valence electrons. The summed E-state index contributed by atoms with van der Waals surface area (Å²) in [6, 6.07) is 3.70. The van der Waals surface area contributed by atoms with Gasteiger partial charge in [0.15, 0.2) is 11.6 Å². The van der Waals surface area contributed by atoms with E-state index >= 15 is 0 Å². The van der Waals surface area contributed by atoms with Gasteiger partial charge in [0.1, 0.15) is 0 Å². The molecule has 1 heterocycles. The lowest BCUT2D eigenvalue weighted by atomic mass is 10.2. The van der Waals surface area contributed by atoms with E-state index in [1.165, 1.54) is 16.6 Å². The lowest BCUT2D eigenvalue weighted by molar-refractivity contribution is 0.387. The average Bonchev–Trinajstić information content (AvgIpc) is 2.32. The van der Waals surface area contributed by atoms with Crippen molar-refractivity contribution in [1.82, 2.24) is 4.31 Å². The van der Waals surface area contributed by atoms with Gasteiger partial charge in [-0.05, 0) is 12.1 Å². The van der Waals surface area contributed by atoms with Crippen molar-refractivity contribution in [1.29, 1.82) is 0 Å². The summed E-state index contributed by atoms with van der Waals surface area (Å²) >= 11 is 0. The Morgan fingerprint density at radius 1 is 1.06 bits per heavy atom. The minimum Gasteiger partial charge on any atom is -0.369 e. The van der Waals surface area contributed by atoms with Crippen LogP contribution in [0, 0.1) is 11.6 Å². The molecule has 1 aliphatic heterocycles. The number of hydrogen-bond acceptors (Lipinski definition) is 3. The summed E-state index contributed by atoms with van der Waals surface area (Å²) in [6.07, 6.45) is 1.17. The van der Waals surface area contributed by atoms with Crippen LogP contribution in [0.1, 0.15) is 0 Å². The Hall–Kier alpha value is -1.21. The summed E-state index contributed by atoms with van der Waals surface area (Å²) in [6.45, 7) is 1.66. The number of benzene rings is 1. The van der Waals surface area contributed by atoms with Gasteiger partial charge < -0.3 is 4.90 Å². The molecule has 0 spiro atoms. The zero-order valence-corrected chi connectivity index (χ0v) is 10.8. The predicted octanol–water partition coefficient (Wildman–Crippen LogP) is 1.05. The van der Waals surface area contributed by atoms with Gasteiger partial charge in [0.2, 0.25) is 10.0 Å². The molecule has 1 aromatic rings. The van der Waals surface area contributed by atoms with E-state index in [-0.39, 0.29) is 0 Å². The molecule has 0 amide bonds. The molecule has 1 aromatic carbocycles. The molecule has 1 saturated heterocycles. The van der Waals surface area contributed by atoms with Gasteiger partial charge in [-0.2, -0.15) is 4.31 Å². The lowest BCUT2D eigenvalue weighted by Crippen LogP contribution is -2.48. The van der Waals surface area contributed by atoms with Crippen LogP contribution in [0.3, 0.4) is 0 Å². The first-order chi connectivity index (χ1) is 8.38. The van der Waals surface area contributed by atoms with Crippen molar-refractivity contribution in [2.24, 2.45) is 0 Å². The fourth-order valence-electron chi connectivity index (χ4n) is 1.96. The minimum atomic E-state index is -3.17. The maximum atomic E-state index is 13.1. The minimum absolute atomic E-state index is 0.359. The smallest absolute Gasteiger partial charge is 0.211 e. The molecular weight excluding hydrogens is 262 g/mol. The summed E-state index contributed by atoms with van der Waals surface area (Å²) in [4.78, 5) is 1.84. The number of anilines is 1. The average molecular weight is 276 g/mol. The second-order valence-electron chi connectivity index (χ2n) is 4.25. The maximum absolute atomic E-state index is 13.1. The van der Waals surface area contributed by atoms with Crippen molar-refractivity contribution in [2.75, 3.05) is 37.3 Å². The fraction of sp³-hybridized carbons (Fsp3) is 0.455. The fourth-order valence-corrected chi connectivity index (χ4v) is 2.79. The van der Waals surface area contributed by atoms with Crippen LogP contribution in [-0.2, 0) is 10.0 Å². The van der Waals surface area contributed by atoms with E-state index in [2.05, 4.69) is 0 Å². The van der Waals surface area contributed by atoms with Crippen LogP contribution in [0.2, 0.25) is 0 Å². The summed E-state index contributed by atoms with van der Waals surface area (Å²) in [5.41, 5.74) is 0.571. The maximum Gasteiger partial charge on any atom is 0.211 e. The predicted molar refractivity (Wildman–Crippen MR) is 65.0 cm³/mol. The number of rotatable bonds is 2. The first-order valence-corrected chi connectivity index (χ1v) is 7.38. The molecule has 18 heavy (non-hydrogen) atoms. The van der Waals surface area contributed by atoms with Gasteiger partial charge in [0.25, 0.3) is 0 Å². The van der Waals surface area contributed by atoms with E-state index in [4.69, 9.17) is 0 Å². The van der Waals surface area contributed by atoms with E-state index in [0.29, 0.717) is 31.9 Å². The van der Waals surface area contributed by atoms with Gasteiger partial charge in [-0.25, -0.2) is 17.2 Å². The highest BCUT2D eigenvalue weighted by Crippen LogP contribution is 2.20. The van der Waals surface area contributed by atoms with Gasteiger partial charge >= 0.3 is 0 Å². The van der Waals surface area contributed by atoms with Crippen LogP contribution >= 0.6 is 0 Å². The molecule has 0 N–H and O–H groups in total. The molecule has 1 aliphatic rings. The molecule has 0 aliphatic carbocycles. The monoisotopic (exact) mass is 276 g/mol. The van der Waals surface area contributed by atoms with Crippen LogP contribution in [0.4, 0.5) is 14.5 Å². The summed E-state index contributed by atoms with van der Waals surface area (Å²) in [5, 5.41) is 0. The SMILES string of the molecule is CS(=O)(=O)N1CCN(c2ccc(F)c(F)c2)CC1. The van der Waals surface area contributed by atoms with Gasteiger partial charge in [-0.15, -0.1) is 0 Å². The highest BCUT2D eigenvalue weighted by molar-refractivity contribution is 7.88. The van der Waals surface area contributed by atoms with Gasteiger partial charge in [0, 0.05) is 37.9 Å². The Balaban J connectivity index is 2.08. The van der Waals surface area contributed by atoms with E-state index in [0.717, 1.165) is 12.1 Å². The van der Waals surface area contributed by atoms with E-state index in [1.807, 2.05) is 4.90 Å². The topological polar surface area (TPSA) is 40.6 Å². The molecule has 0 bridgehead atoms. The molecule has 1 fully saturated rings. The zero-order chi connectivity index (χ0) is 13.3. The number of sulfonamides is 1. The standard InChI is InChI=1S/C11H14F2N2O2S/c1-18(16,17)15-6-4-14(5-7-15)9-2-3-10(12)11(13)8-9/h2-3,8H,4-7H2,1H3. The lowest BCUT2D eigenvalue weighted by Gasteiger charge is -2.34. The molecule has 0 saturated carbocycles. The number of halogens is 2. The molecule has 0 aromatic heterocycles. The molecular formula is C11H14F2N2O2S. The molecule has 0 atom stereocenters. The normalized spacial score (nSPS) is 18.1. The van der Waals surface area contributed by atoms with Crippen LogP contribution < -0.4 is 4.90 Å². The van der Waals surface area contributed by atoms with E-state index in [1.54, 1.807) is 0 Å². The Labute approximate surface area is 105 Å². The quantitative estimate of drug-likeness (QED) is 0.810. The Morgan fingerprint density at radius 2 is 1.67 bits per heavy atom. The molecule has 0 unspecified atom stereocenters. The number of nitrogens with zero attached hydrogens (tertiary/aromatic N) is 2. The largest absolute Gasteiger partial charge is 0.369 e. The van der Waals surface area contributed by atoms with Crippen molar-refractivity contribution in [3.8, 4) is 0 Å². The van der Waals surface area contributed by atoms with Crippen LogP contribution in [0.25, 0.3) is 0 Å². The van der Waals surface area contributed by atoms with Crippen molar-refractivity contribution >= 4 is 15.7 Å². The van der Waals surface area contributed by atoms with Crippen molar-refractivity contribution in [3.63, 3.8) is 0 Å². The second kappa shape index (κ2) is 4.81. The van der Waals surface area contributed by atoms with E-state index < -0.39 is 21.7 Å². The molecule has 0 radical (unpaired) electrons. The number of piperazine rings is 1. The van der Waals surface area contributed by atoms with E-state index in [9.17, 15) is 17.2 Å². The van der Waals surface area contributed by atoms with Crippen molar-refractivity contribution in [3.05, 3.63) is 29.8 Å². The van der Waals surface area contributed by atoms with Crippen LogP contribution in [0.5, 0.6) is 0 Å². The third-order valence-corrected chi connectivity index (χ3v) is 4.28. The van der Waals surface area contributed by atoms with Crippen LogP contribution in [0.15, 0.2) is 18.2 Å². The summed E-state index contributed by atoms with van der Waals surface area (Å²) in [7, 11) is -3.17. The highest BCUT2D eigenvalue weighted by atomic mass is 32.2. The molecule has 2 rings (SSSR count). The Bertz CT molecular complexity index is 540. The Kier molecular flexibility index (Phi) is 3.54. The second-order valence-corrected chi connectivity index (χ2v) is 6.23. The van der Waals surface area contributed by atoms with Crippen molar-refractivity contribution < 1.29 is 17.2 Å². The summed E-state index contributed by atoms with van der Waals surface area (Å²) < 4.78 is 49.9. The molecule has 7 heteroatoms. The van der Waals surface area contributed by atoms with Gasteiger partial charge in [0.05, 0.1) is 6.26 Å².